The van der Waals surface area contributed by atoms with E-state index >= 15 is 0 Å². The second-order valence-electron chi connectivity index (χ2n) is 4.42. The molecule has 19 heavy (non-hydrogen) atoms. The van der Waals surface area contributed by atoms with Gasteiger partial charge in [-0.25, -0.2) is 0 Å². The molecule has 0 radical (unpaired) electrons. The first-order valence-electron chi connectivity index (χ1n) is 5.94. The molecular formula is C13H13BrN2O3. The molecule has 1 aliphatic carbocycles. The Labute approximate surface area is 118 Å². The van der Waals surface area contributed by atoms with Gasteiger partial charge in [-0.1, -0.05) is 21.1 Å². The zero-order chi connectivity index (χ0) is 13.4. The number of benzene rings is 1. The van der Waals surface area contributed by atoms with Gasteiger partial charge >= 0.3 is 0 Å². The standard InChI is InChI=1S/C13H13BrN2O3/c1-17-11-5-7(14)4-9(10-6-12(15)16-19-10)13(11)18-8-2-3-8/h4-6,8H,2-3H2,1H3,(H2,15,16). The lowest BCUT2D eigenvalue weighted by atomic mass is 10.1. The van der Waals surface area contributed by atoms with Crippen LogP contribution >= 0.6 is 15.9 Å². The highest BCUT2D eigenvalue weighted by Crippen LogP contribution is 2.43. The number of hydrogen-bond acceptors (Lipinski definition) is 5. The summed E-state index contributed by atoms with van der Waals surface area (Å²) < 4.78 is 17.4. The van der Waals surface area contributed by atoms with Gasteiger partial charge in [-0.05, 0) is 25.0 Å². The maximum Gasteiger partial charge on any atom is 0.172 e. The van der Waals surface area contributed by atoms with Crippen LogP contribution in [-0.2, 0) is 0 Å². The maximum atomic E-state index is 5.92. The number of ether oxygens (including phenoxy) is 2. The molecule has 3 rings (SSSR count). The van der Waals surface area contributed by atoms with Crippen LogP contribution in [0.3, 0.4) is 0 Å². The van der Waals surface area contributed by atoms with Gasteiger partial charge in [-0.15, -0.1) is 0 Å². The van der Waals surface area contributed by atoms with Gasteiger partial charge in [0.2, 0.25) is 0 Å². The van der Waals surface area contributed by atoms with Crippen molar-refractivity contribution in [3.63, 3.8) is 0 Å². The van der Waals surface area contributed by atoms with Gasteiger partial charge < -0.3 is 19.7 Å². The Morgan fingerprint density at radius 1 is 1.37 bits per heavy atom. The summed E-state index contributed by atoms with van der Waals surface area (Å²) in [5, 5.41) is 3.71. The Bertz CT molecular complexity index is 608. The van der Waals surface area contributed by atoms with E-state index in [1.54, 1.807) is 13.2 Å². The molecule has 1 fully saturated rings. The third-order valence-electron chi connectivity index (χ3n) is 2.84. The maximum absolute atomic E-state index is 5.92. The molecule has 0 saturated heterocycles. The first-order chi connectivity index (χ1) is 9.17. The van der Waals surface area contributed by atoms with E-state index in [1.807, 2.05) is 12.1 Å². The van der Waals surface area contributed by atoms with Gasteiger partial charge in [0, 0.05) is 10.5 Å². The third kappa shape index (κ3) is 2.53. The second-order valence-corrected chi connectivity index (χ2v) is 5.33. The first-order valence-corrected chi connectivity index (χ1v) is 6.73. The van der Waals surface area contributed by atoms with Crippen LogP contribution in [-0.4, -0.2) is 18.4 Å². The molecule has 0 unspecified atom stereocenters. The van der Waals surface area contributed by atoms with Crippen LogP contribution in [0.2, 0.25) is 0 Å². The molecule has 100 valence electrons. The lowest BCUT2D eigenvalue weighted by molar-refractivity contribution is 0.282. The Morgan fingerprint density at radius 3 is 2.74 bits per heavy atom. The molecule has 6 heteroatoms. The molecule has 5 nitrogen and oxygen atoms in total. The number of nitrogens with zero attached hydrogens (tertiary/aromatic N) is 1. The fraction of sp³-hybridized carbons (Fsp3) is 0.308. The number of halogens is 1. The van der Waals surface area contributed by atoms with Crippen molar-refractivity contribution in [3.8, 4) is 22.8 Å². The minimum absolute atomic E-state index is 0.258. The topological polar surface area (TPSA) is 70.5 Å². The summed E-state index contributed by atoms with van der Waals surface area (Å²) in [5.41, 5.74) is 6.38. The largest absolute Gasteiger partial charge is 0.493 e. The van der Waals surface area contributed by atoms with Crippen LogP contribution in [0.15, 0.2) is 27.2 Å². The van der Waals surface area contributed by atoms with E-state index in [0.29, 0.717) is 23.1 Å². The van der Waals surface area contributed by atoms with Gasteiger partial charge in [0.1, 0.15) is 0 Å². The van der Waals surface area contributed by atoms with Gasteiger partial charge in [0.15, 0.2) is 23.1 Å². The summed E-state index contributed by atoms with van der Waals surface area (Å²) in [5.74, 6) is 2.23. The van der Waals surface area contributed by atoms with Crippen molar-refractivity contribution < 1.29 is 14.0 Å². The highest BCUT2D eigenvalue weighted by atomic mass is 79.9. The lowest BCUT2D eigenvalue weighted by Gasteiger charge is -2.14. The molecule has 1 heterocycles. The Balaban J connectivity index is 2.11. The van der Waals surface area contributed by atoms with Crippen molar-refractivity contribution in [2.24, 2.45) is 0 Å². The van der Waals surface area contributed by atoms with E-state index in [-0.39, 0.29) is 6.10 Å². The molecule has 0 amide bonds. The molecule has 0 bridgehead atoms. The van der Waals surface area contributed by atoms with Crippen molar-refractivity contribution in [1.29, 1.82) is 0 Å². The average molecular weight is 325 g/mol. The van der Waals surface area contributed by atoms with Crippen LogP contribution in [0.25, 0.3) is 11.3 Å². The van der Waals surface area contributed by atoms with Crippen molar-refractivity contribution in [3.05, 3.63) is 22.7 Å². The highest BCUT2D eigenvalue weighted by molar-refractivity contribution is 9.10. The van der Waals surface area contributed by atoms with Crippen molar-refractivity contribution in [2.45, 2.75) is 18.9 Å². The highest BCUT2D eigenvalue weighted by Gasteiger charge is 2.28. The van der Waals surface area contributed by atoms with E-state index in [1.165, 1.54) is 0 Å². The Kier molecular flexibility index (Phi) is 3.10. The molecule has 2 N–H and O–H groups in total. The molecule has 1 aromatic carbocycles. The van der Waals surface area contributed by atoms with Crippen LogP contribution in [0.1, 0.15) is 12.8 Å². The van der Waals surface area contributed by atoms with Gasteiger partial charge in [0.25, 0.3) is 0 Å². The van der Waals surface area contributed by atoms with Gasteiger partial charge in [-0.3, -0.25) is 0 Å². The predicted molar refractivity (Wildman–Crippen MR) is 74.3 cm³/mol. The number of aromatic nitrogens is 1. The fourth-order valence-corrected chi connectivity index (χ4v) is 2.23. The smallest absolute Gasteiger partial charge is 0.172 e. The average Bonchev–Trinajstić information content (AvgIpc) is 3.11. The zero-order valence-corrected chi connectivity index (χ0v) is 11.9. The Hall–Kier alpha value is -1.69. The van der Waals surface area contributed by atoms with E-state index in [2.05, 4.69) is 21.1 Å². The molecule has 2 aromatic rings. The third-order valence-corrected chi connectivity index (χ3v) is 3.30. The number of nitrogens with two attached hydrogens (primary N) is 1. The second kappa shape index (κ2) is 4.77. The van der Waals surface area contributed by atoms with E-state index in [0.717, 1.165) is 22.9 Å². The molecule has 1 saturated carbocycles. The van der Waals surface area contributed by atoms with Crippen molar-refractivity contribution >= 4 is 21.7 Å². The summed E-state index contributed by atoms with van der Waals surface area (Å²) in [4.78, 5) is 0. The summed E-state index contributed by atoms with van der Waals surface area (Å²) >= 11 is 3.45. The normalized spacial score (nSPS) is 14.4. The number of rotatable bonds is 4. The van der Waals surface area contributed by atoms with E-state index in [9.17, 15) is 0 Å². The SMILES string of the molecule is COc1cc(Br)cc(-c2cc(N)no2)c1OC1CC1. The molecule has 0 spiro atoms. The number of hydrogen-bond donors (Lipinski definition) is 1. The number of nitrogen functional groups attached to an aromatic ring is 1. The lowest BCUT2D eigenvalue weighted by Crippen LogP contribution is -2.00. The van der Waals surface area contributed by atoms with E-state index < -0.39 is 0 Å². The molecule has 1 aliphatic rings. The van der Waals surface area contributed by atoms with Crippen LogP contribution < -0.4 is 15.2 Å². The predicted octanol–water partition coefficient (Wildman–Crippen LogP) is 3.24. The summed E-state index contributed by atoms with van der Waals surface area (Å²) in [7, 11) is 1.61. The monoisotopic (exact) mass is 324 g/mol. The minimum atomic E-state index is 0.258. The van der Waals surface area contributed by atoms with Crippen molar-refractivity contribution in [2.75, 3.05) is 12.8 Å². The summed E-state index contributed by atoms with van der Waals surface area (Å²) in [6.07, 6.45) is 2.39. The number of anilines is 1. The first kappa shape index (κ1) is 12.3. The number of methoxy groups -OCH3 is 1. The van der Waals surface area contributed by atoms with E-state index in [4.69, 9.17) is 19.7 Å². The van der Waals surface area contributed by atoms with Gasteiger partial charge in [0.05, 0.1) is 18.8 Å². The minimum Gasteiger partial charge on any atom is -0.493 e. The molecule has 1 aromatic heterocycles. The van der Waals surface area contributed by atoms with Crippen molar-refractivity contribution in [1.82, 2.24) is 5.16 Å². The summed E-state index contributed by atoms with van der Waals surface area (Å²) in [6.45, 7) is 0. The molecular weight excluding hydrogens is 312 g/mol. The van der Waals surface area contributed by atoms with Gasteiger partial charge in [-0.2, -0.15) is 0 Å². The zero-order valence-electron chi connectivity index (χ0n) is 10.4. The molecule has 0 atom stereocenters. The Morgan fingerprint density at radius 2 is 2.16 bits per heavy atom. The fourth-order valence-electron chi connectivity index (χ4n) is 1.79. The van der Waals surface area contributed by atoms with Crippen LogP contribution in [0.5, 0.6) is 11.5 Å². The molecule has 0 aliphatic heterocycles. The van der Waals surface area contributed by atoms with Crippen LogP contribution in [0.4, 0.5) is 5.82 Å². The summed E-state index contributed by atoms with van der Waals surface area (Å²) in [6, 6.07) is 5.43. The quantitative estimate of drug-likeness (QED) is 0.934. The van der Waals surface area contributed by atoms with Crippen LogP contribution in [0, 0.1) is 0 Å².